The van der Waals surface area contributed by atoms with Gasteiger partial charge < -0.3 is 20.3 Å². The van der Waals surface area contributed by atoms with Crippen LogP contribution in [-0.2, 0) is 11.3 Å². The second kappa shape index (κ2) is 10.7. The van der Waals surface area contributed by atoms with Gasteiger partial charge >= 0.3 is 5.97 Å². The number of aliphatic hydroxyl groups is 1. The third-order valence-electron chi connectivity index (χ3n) is 6.18. The molecule has 0 spiro atoms. The Kier molecular flexibility index (Phi) is 7.65. The van der Waals surface area contributed by atoms with Gasteiger partial charge in [0.25, 0.3) is 0 Å². The lowest BCUT2D eigenvalue weighted by Gasteiger charge is -2.26. The van der Waals surface area contributed by atoms with Gasteiger partial charge in [0.15, 0.2) is 0 Å². The first kappa shape index (κ1) is 24.4. The van der Waals surface area contributed by atoms with Crippen LogP contribution < -0.4 is 5.32 Å². The molecule has 0 bridgehead atoms. The molecular weight excluding hydrogens is 452 g/mol. The number of carbonyl (C=O) groups is 1. The quantitative estimate of drug-likeness (QED) is 0.404. The number of likely N-dealkylation sites (tertiary alicyclic amines) is 1. The molecule has 1 fully saturated rings. The fourth-order valence-electron chi connectivity index (χ4n) is 4.32. The Labute approximate surface area is 203 Å². The third-order valence-corrected chi connectivity index (χ3v) is 7.35. The monoisotopic (exact) mass is 484 g/mol. The van der Waals surface area contributed by atoms with Crippen LogP contribution in [0.3, 0.4) is 0 Å². The second-order valence-corrected chi connectivity index (χ2v) is 9.75. The van der Waals surface area contributed by atoms with Gasteiger partial charge in [-0.2, -0.15) is 0 Å². The van der Waals surface area contributed by atoms with E-state index < -0.39 is 6.10 Å². The molecule has 182 valence electrons. The van der Waals surface area contributed by atoms with E-state index >= 15 is 0 Å². The maximum Gasteiger partial charge on any atom is 0.348 e. The van der Waals surface area contributed by atoms with Crippen LogP contribution in [0.25, 0.3) is 10.2 Å². The van der Waals surface area contributed by atoms with Crippen molar-refractivity contribution < 1.29 is 19.7 Å². The summed E-state index contributed by atoms with van der Waals surface area (Å²) in [6, 6.07) is 6.13. The summed E-state index contributed by atoms with van der Waals surface area (Å²) in [4.78, 5) is 25.8. The summed E-state index contributed by atoms with van der Waals surface area (Å²) in [5.74, 6) is 1.09. The summed E-state index contributed by atoms with van der Waals surface area (Å²) < 4.78 is 5.25. The molecule has 1 aromatic carbocycles. The molecule has 4 rings (SSSR count). The zero-order valence-corrected chi connectivity index (χ0v) is 20.7. The number of nitrogens with one attached hydrogen (secondary N) is 1. The molecule has 0 unspecified atom stereocenters. The molecule has 0 saturated carbocycles. The van der Waals surface area contributed by atoms with Gasteiger partial charge in [-0.3, -0.25) is 4.90 Å². The number of aryl methyl sites for hydroxylation is 1. The summed E-state index contributed by atoms with van der Waals surface area (Å²) >= 11 is 1.32. The number of nitrogens with zero attached hydrogens (tertiary/aromatic N) is 3. The van der Waals surface area contributed by atoms with Crippen LogP contribution in [0.15, 0.2) is 24.3 Å². The number of rotatable bonds is 8. The maximum absolute atomic E-state index is 12.5. The number of carbonyl (C=O) groups excluding carboxylic acids is 1. The van der Waals surface area contributed by atoms with E-state index in [9.17, 15) is 15.0 Å². The number of aliphatic hydroxyl groups excluding tert-OH is 1. The fraction of sp³-hybridized carbons (Fsp3) is 0.480. The van der Waals surface area contributed by atoms with Gasteiger partial charge in [0.05, 0.1) is 30.7 Å². The number of thiophene rings is 1. The van der Waals surface area contributed by atoms with Crippen molar-refractivity contribution in [3.05, 3.63) is 46.1 Å². The summed E-state index contributed by atoms with van der Waals surface area (Å²) in [5, 5.41) is 24.6. The number of benzene rings is 1. The van der Waals surface area contributed by atoms with Gasteiger partial charge in [-0.05, 0) is 70.0 Å². The van der Waals surface area contributed by atoms with E-state index in [2.05, 4.69) is 10.2 Å². The molecule has 2 atom stereocenters. The molecule has 2 aromatic heterocycles. The highest BCUT2D eigenvalue weighted by Crippen LogP contribution is 2.35. The zero-order valence-electron chi connectivity index (χ0n) is 19.9. The zero-order chi connectivity index (χ0) is 24.2. The smallest absolute Gasteiger partial charge is 0.348 e. The number of anilines is 1. The molecule has 1 aliphatic heterocycles. The lowest BCUT2D eigenvalue weighted by atomic mass is 10.0. The Balaban J connectivity index is 1.69. The van der Waals surface area contributed by atoms with Crippen LogP contribution in [0.4, 0.5) is 5.82 Å². The van der Waals surface area contributed by atoms with E-state index in [1.54, 1.807) is 31.2 Å². The fourth-order valence-corrected chi connectivity index (χ4v) is 5.42. The van der Waals surface area contributed by atoms with Gasteiger partial charge in [-0.25, -0.2) is 14.8 Å². The first-order chi connectivity index (χ1) is 16.4. The Morgan fingerprint density at radius 3 is 2.59 bits per heavy atom. The number of phenolic OH excluding ortho intramolecular Hbond substituents is 1. The molecule has 8 nitrogen and oxygen atoms in total. The van der Waals surface area contributed by atoms with Crippen molar-refractivity contribution in [1.29, 1.82) is 0 Å². The Hall–Kier alpha value is -2.75. The minimum atomic E-state index is -0.820. The summed E-state index contributed by atoms with van der Waals surface area (Å²) in [6.07, 6.45) is 2.78. The lowest BCUT2D eigenvalue weighted by Crippen LogP contribution is -2.30. The van der Waals surface area contributed by atoms with Gasteiger partial charge in [-0.15, -0.1) is 11.3 Å². The first-order valence-corrected chi connectivity index (χ1v) is 12.6. The second-order valence-electron chi connectivity index (χ2n) is 8.75. The number of hydrogen-bond donors (Lipinski definition) is 3. The largest absolute Gasteiger partial charge is 0.508 e. The minimum Gasteiger partial charge on any atom is -0.508 e. The highest BCUT2D eigenvalue weighted by molar-refractivity contribution is 7.20. The molecule has 0 radical (unpaired) electrons. The van der Waals surface area contributed by atoms with Crippen LogP contribution in [0.5, 0.6) is 5.75 Å². The van der Waals surface area contributed by atoms with E-state index in [0.717, 1.165) is 28.9 Å². The number of ether oxygens (including phenoxy) is 1. The number of aromatic nitrogens is 2. The number of fused-ring (bicyclic) bond motifs is 1. The lowest BCUT2D eigenvalue weighted by molar-refractivity contribution is 0.0531. The van der Waals surface area contributed by atoms with Crippen LogP contribution >= 0.6 is 11.3 Å². The number of hydrogen-bond acceptors (Lipinski definition) is 9. The van der Waals surface area contributed by atoms with Crippen molar-refractivity contribution in [2.45, 2.75) is 58.7 Å². The summed E-state index contributed by atoms with van der Waals surface area (Å²) in [5.41, 5.74) is 1.46. The average Bonchev–Trinajstić information content (AvgIpc) is 3.16. The van der Waals surface area contributed by atoms with Crippen molar-refractivity contribution >= 4 is 33.3 Å². The van der Waals surface area contributed by atoms with Crippen molar-refractivity contribution in [3.63, 3.8) is 0 Å². The molecule has 3 aromatic rings. The predicted octanol–water partition coefficient (Wildman–Crippen LogP) is 4.40. The highest BCUT2D eigenvalue weighted by Gasteiger charge is 2.25. The van der Waals surface area contributed by atoms with Gasteiger partial charge in [0, 0.05) is 0 Å². The van der Waals surface area contributed by atoms with E-state index in [4.69, 9.17) is 14.7 Å². The van der Waals surface area contributed by atoms with Crippen LogP contribution in [0.2, 0.25) is 0 Å². The summed E-state index contributed by atoms with van der Waals surface area (Å²) in [7, 11) is 0. The number of phenols is 1. The van der Waals surface area contributed by atoms with Crippen molar-refractivity contribution in [2.24, 2.45) is 0 Å². The maximum atomic E-state index is 12.5. The predicted molar refractivity (Wildman–Crippen MR) is 133 cm³/mol. The molecule has 3 N–H and O–H groups in total. The van der Waals surface area contributed by atoms with Crippen molar-refractivity contribution in [1.82, 2.24) is 14.9 Å². The summed E-state index contributed by atoms with van der Waals surface area (Å²) in [6.45, 7) is 8.55. The molecule has 34 heavy (non-hydrogen) atoms. The standard InChI is InChI=1S/C25H32N4O4S/c1-4-33-25(32)22-15(2)20-23(26-16(3)21(31)17-8-10-18(30)11-9-17)27-19(28-24(20)34-22)14-29-12-6-5-7-13-29/h8-11,16,21,30-31H,4-7,12-14H2,1-3H3,(H,26,27,28)/t16-,21-/m1/s1. The van der Waals surface area contributed by atoms with Gasteiger partial charge in [0.2, 0.25) is 0 Å². The number of piperidine rings is 1. The first-order valence-electron chi connectivity index (χ1n) is 11.8. The topological polar surface area (TPSA) is 108 Å². The normalized spacial score (nSPS) is 16.4. The van der Waals surface area contributed by atoms with E-state index in [1.807, 2.05) is 13.8 Å². The van der Waals surface area contributed by atoms with Crippen molar-refractivity contribution in [2.75, 3.05) is 25.0 Å². The highest BCUT2D eigenvalue weighted by atomic mass is 32.1. The minimum absolute atomic E-state index is 0.150. The Bertz CT molecular complexity index is 1140. The van der Waals surface area contributed by atoms with Crippen LogP contribution in [0.1, 0.15) is 65.8 Å². The molecule has 0 amide bonds. The Morgan fingerprint density at radius 2 is 1.91 bits per heavy atom. The van der Waals surface area contributed by atoms with Gasteiger partial charge in [0.1, 0.15) is 27.1 Å². The molecule has 0 aliphatic carbocycles. The van der Waals surface area contributed by atoms with Crippen LogP contribution in [0, 0.1) is 6.92 Å². The molecular formula is C25H32N4O4S. The van der Waals surface area contributed by atoms with Crippen LogP contribution in [-0.4, -0.2) is 56.8 Å². The molecule has 9 heteroatoms. The molecule has 1 aliphatic rings. The van der Waals surface area contributed by atoms with Crippen molar-refractivity contribution in [3.8, 4) is 5.75 Å². The van der Waals surface area contributed by atoms with E-state index in [0.29, 0.717) is 35.2 Å². The number of aromatic hydroxyl groups is 1. The molecule has 3 heterocycles. The van der Waals surface area contributed by atoms with E-state index in [1.165, 1.54) is 30.6 Å². The van der Waals surface area contributed by atoms with E-state index in [-0.39, 0.29) is 17.8 Å². The third kappa shape index (κ3) is 5.32. The van der Waals surface area contributed by atoms with Gasteiger partial charge in [-0.1, -0.05) is 18.6 Å². The molecule has 1 saturated heterocycles. The average molecular weight is 485 g/mol. The number of esters is 1. The SMILES string of the molecule is CCOC(=O)c1sc2nc(CN3CCCCC3)nc(N[C@H](C)[C@@H](O)c3ccc(O)cc3)c2c1C. The Morgan fingerprint density at radius 1 is 1.21 bits per heavy atom.